The molecule has 1 aromatic rings. The van der Waals surface area contributed by atoms with Crippen LogP contribution >= 0.6 is 0 Å². The van der Waals surface area contributed by atoms with Crippen LogP contribution in [0.4, 0.5) is 4.79 Å². The normalized spacial score (nSPS) is 16.0. The molecule has 2 amide bonds. The highest BCUT2D eigenvalue weighted by atomic mass is 32.2. The number of urea groups is 1. The Kier molecular flexibility index (Phi) is 5.84. The van der Waals surface area contributed by atoms with Crippen molar-refractivity contribution in [3.05, 3.63) is 35.4 Å². The summed E-state index contributed by atoms with van der Waals surface area (Å²) >= 11 is 0. The van der Waals surface area contributed by atoms with E-state index in [0.717, 1.165) is 17.1 Å². The van der Waals surface area contributed by atoms with Gasteiger partial charge in [-0.05, 0) is 30.9 Å². The fourth-order valence-corrected chi connectivity index (χ4v) is 3.28. The van der Waals surface area contributed by atoms with Gasteiger partial charge in [-0.1, -0.05) is 24.3 Å². The lowest BCUT2D eigenvalue weighted by molar-refractivity contribution is 0.240. The van der Waals surface area contributed by atoms with Gasteiger partial charge in [0.2, 0.25) is 0 Å². The van der Waals surface area contributed by atoms with Crippen molar-refractivity contribution < 1.29 is 13.2 Å². The van der Waals surface area contributed by atoms with Gasteiger partial charge >= 0.3 is 6.03 Å². The zero-order valence-corrected chi connectivity index (χ0v) is 15.2. The lowest BCUT2D eigenvalue weighted by Gasteiger charge is -2.19. The molecule has 1 aromatic carbocycles. The van der Waals surface area contributed by atoms with E-state index in [4.69, 9.17) is 0 Å². The predicted octanol–water partition coefficient (Wildman–Crippen LogP) is 0.722. The van der Waals surface area contributed by atoms with E-state index in [1.165, 1.54) is 25.2 Å². The van der Waals surface area contributed by atoms with Crippen LogP contribution in [0.2, 0.25) is 0 Å². The molecule has 24 heavy (non-hydrogen) atoms. The Balaban J connectivity index is 1.73. The van der Waals surface area contributed by atoms with Crippen LogP contribution in [0, 0.1) is 6.92 Å². The molecule has 1 aliphatic rings. The number of aryl methyl sites for hydroxylation is 1. The Hall–Kier alpha value is -1.64. The van der Waals surface area contributed by atoms with Crippen molar-refractivity contribution in [2.24, 2.45) is 0 Å². The third kappa shape index (κ3) is 4.68. The number of nitrogens with one attached hydrogen (secondary N) is 3. The van der Waals surface area contributed by atoms with Crippen molar-refractivity contribution in [1.82, 2.24) is 19.7 Å². The molecule has 1 saturated carbocycles. The van der Waals surface area contributed by atoms with Crippen LogP contribution < -0.4 is 15.4 Å². The molecule has 3 N–H and O–H groups in total. The first-order valence-corrected chi connectivity index (χ1v) is 9.46. The zero-order valence-electron chi connectivity index (χ0n) is 14.4. The number of benzene rings is 1. The fraction of sp³-hybridized carbons (Fsp3) is 0.562. The quantitative estimate of drug-likeness (QED) is 0.601. The summed E-state index contributed by atoms with van der Waals surface area (Å²) < 4.78 is 26.5. The van der Waals surface area contributed by atoms with Gasteiger partial charge < -0.3 is 10.6 Å². The molecule has 0 bridgehead atoms. The topological polar surface area (TPSA) is 90.5 Å². The van der Waals surface area contributed by atoms with Crippen molar-refractivity contribution in [2.45, 2.75) is 25.2 Å². The Bertz CT molecular complexity index is 684. The summed E-state index contributed by atoms with van der Waals surface area (Å²) in [6, 6.07) is 7.98. The molecule has 0 heterocycles. The summed E-state index contributed by atoms with van der Waals surface area (Å²) in [6.07, 6.45) is 2.14. The van der Waals surface area contributed by atoms with Crippen LogP contribution in [0.3, 0.4) is 0 Å². The van der Waals surface area contributed by atoms with Gasteiger partial charge in [0.25, 0.3) is 10.2 Å². The SMILES string of the molecule is Cc1ccccc1C1(CNC(=O)NCCNS(=O)(=O)N(C)C)CC1. The average molecular weight is 354 g/mol. The van der Waals surface area contributed by atoms with Gasteiger partial charge in [-0.25, -0.2) is 9.52 Å². The summed E-state index contributed by atoms with van der Waals surface area (Å²) in [5.74, 6) is 0. The second kappa shape index (κ2) is 7.50. The van der Waals surface area contributed by atoms with E-state index in [2.05, 4.69) is 34.4 Å². The molecule has 1 fully saturated rings. The third-order valence-corrected chi connectivity index (χ3v) is 5.86. The number of carbonyl (C=O) groups is 1. The van der Waals surface area contributed by atoms with Gasteiger partial charge in [0, 0.05) is 39.1 Å². The van der Waals surface area contributed by atoms with Crippen LogP contribution in [0.15, 0.2) is 24.3 Å². The molecule has 0 spiro atoms. The van der Waals surface area contributed by atoms with Crippen LogP contribution in [0.1, 0.15) is 24.0 Å². The van der Waals surface area contributed by atoms with Crippen molar-refractivity contribution in [1.29, 1.82) is 0 Å². The number of carbonyl (C=O) groups excluding carboxylic acids is 1. The molecule has 0 atom stereocenters. The number of rotatable bonds is 8. The Morgan fingerprint density at radius 1 is 1.17 bits per heavy atom. The summed E-state index contributed by atoms with van der Waals surface area (Å²) in [7, 11) is -0.556. The average Bonchev–Trinajstić information content (AvgIpc) is 3.31. The monoisotopic (exact) mass is 354 g/mol. The van der Waals surface area contributed by atoms with E-state index in [9.17, 15) is 13.2 Å². The van der Waals surface area contributed by atoms with Crippen molar-refractivity contribution in [2.75, 3.05) is 33.7 Å². The predicted molar refractivity (Wildman–Crippen MR) is 94.1 cm³/mol. The molecule has 7 nitrogen and oxygen atoms in total. The maximum absolute atomic E-state index is 11.9. The maximum atomic E-state index is 11.9. The lowest BCUT2D eigenvalue weighted by Crippen LogP contribution is -2.44. The molecule has 2 rings (SSSR count). The summed E-state index contributed by atoms with van der Waals surface area (Å²) in [5.41, 5.74) is 2.59. The highest BCUT2D eigenvalue weighted by molar-refractivity contribution is 7.87. The molecule has 1 aliphatic carbocycles. The molecule has 0 aliphatic heterocycles. The molecule has 0 aromatic heterocycles. The Morgan fingerprint density at radius 2 is 1.83 bits per heavy atom. The molecular formula is C16H26N4O3S. The van der Waals surface area contributed by atoms with E-state index in [1.54, 1.807) is 0 Å². The van der Waals surface area contributed by atoms with Crippen LogP contribution in [0.25, 0.3) is 0 Å². The minimum absolute atomic E-state index is 0.0508. The van der Waals surface area contributed by atoms with Gasteiger partial charge in [-0.3, -0.25) is 0 Å². The zero-order chi connectivity index (χ0) is 17.8. The number of nitrogens with zero attached hydrogens (tertiary/aromatic N) is 1. The van der Waals surface area contributed by atoms with Gasteiger partial charge in [0.1, 0.15) is 0 Å². The highest BCUT2D eigenvalue weighted by Gasteiger charge is 2.45. The van der Waals surface area contributed by atoms with E-state index in [0.29, 0.717) is 6.54 Å². The number of amides is 2. The third-order valence-electron chi connectivity index (χ3n) is 4.33. The van der Waals surface area contributed by atoms with E-state index < -0.39 is 10.2 Å². The molecule has 134 valence electrons. The summed E-state index contributed by atoms with van der Waals surface area (Å²) in [5, 5.41) is 5.56. The minimum Gasteiger partial charge on any atom is -0.337 e. The first-order valence-electron chi connectivity index (χ1n) is 8.02. The van der Waals surface area contributed by atoms with Crippen molar-refractivity contribution in [3.8, 4) is 0 Å². The van der Waals surface area contributed by atoms with Gasteiger partial charge in [-0.15, -0.1) is 0 Å². The van der Waals surface area contributed by atoms with Crippen molar-refractivity contribution in [3.63, 3.8) is 0 Å². The standard InChI is InChI=1S/C16H26N4O3S/c1-13-6-4-5-7-14(13)16(8-9-16)12-18-15(21)17-10-11-19-24(22,23)20(2)3/h4-7,19H,8-12H2,1-3H3,(H2,17,18,21). The number of hydrogen-bond acceptors (Lipinski definition) is 3. The Morgan fingerprint density at radius 3 is 2.42 bits per heavy atom. The fourth-order valence-electron chi connectivity index (χ4n) is 2.66. The molecule has 0 radical (unpaired) electrons. The summed E-state index contributed by atoms with van der Waals surface area (Å²) in [4.78, 5) is 11.9. The largest absolute Gasteiger partial charge is 0.337 e. The second-order valence-corrected chi connectivity index (χ2v) is 8.36. The number of hydrogen-bond donors (Lipinski definition) is 3. The smallest absolute Gasteiger partial charge is 0.314 e. The van der Waals surface area contributed by atoms with Crippen LogP contribution in [0.5, 0.6) is 0 Å². The van der Waals surface area contributed by atoms with Crippen LogP contribution in [-0.2, 0) is 15.6 Å². The van der Waals surface area contributed by atoms with Gasteiger partial charge in [0.05, 0.1) is 0 Å². The highest BCUT2D eigenvalue weighted by Crippen LogP contribution is 2.48. The van der Waals surface area contributed by atoms with Gasteiger partial charge in [-0.2, -0.15) is 12.7 Å². The van der Waals surface area contributed by atoms with E-state index >= 15 is 0 Å². The summed E-state index contributed by atoms with van der Waals surface area (Å²) in [6.45, 7) is 3.06. The molecular weight excluding hydrogens is 328 g/mol. The minimum atomic E-state index is -3.45. The molecule has 8 heteroatoms. The van der Waals surface area contributed by atoms with Crippen LogP contribution in [-0.4, -0.2) is 52.5 Å². The Labute approximate surface area is 144 Å². The second-order valence-electron chi connectivity index (χ2n) is 6.39. The molecule has 0 unspecified atom stereocenters. The lowest BCUT2D eigenvalue weighted by atomic mass is 9.92. The maximum Gasteiger partial charge on any atom is 0.314 e. The van der Waals surface area contributed by atoms with Gasteiger partial charge in [0.15, 0.2) is 0 Å². The first kappa shape index (κ1) is 18.7. The van der Waals surface area contributed by atoms with E-state index in [1.807, 2.05) is 12.1 Å². The molecule has 0 saturated heterocycles. The first-order chi connectivity index (χ1) is 11.3. The van der Waals surface area contributed by atoms with E-state index in [-0.39, 0.29) is 24.5 Å². The van der Waals surface area contributed by atoms with Crippen molar-refractivity contribution >= 4 is 16.2 Å².